The van der Waals surface area contributed by atoms with Gasteiger partial charge in [-0.25, -0.2) is 8.78 Å². The van der Waals surface area contributed by atoms with E-state index in [4.69, 9.17) is 16.1 Å². The van der Waals surface area contributed by atoms with E-state index in [1.54, 1.807) is 6.07 Å². The van der Waals surface area contributed by atoms with Gasteiger partial charge < -0.3 is 10.8 Å². The van der Waals surface area contributed by atoms with E-state index in [9.17, 15) is 13.6 Å². The van der Waals surface area contributed by atoms with Gasteiger partial charge in [-0.15, -0.1) is 0 Å². The molecule has 0 aromatic carbocycles. The van der Waals surface area contributed by atoms with Gasteiger partial charge in [0.05, 0.1) is 23.4 Å². The Kier molecular flexibility index (Phi) is 4.06. The number of rotatable bonds is 4. The number of carbonyl (C=O) groups is 1. The van der Waals surface area contributed by atoms with E-state index < -0.39 is 24.4 Å². The number of aliphatic carboxylic acids is 1. The van der Waals surface area contributed by atoms with Crippen molar-refractivity contribution in [3.63, 3.8) is 0 Å². The number of hydrogen-bond acceptors (Lipinski definition) is 4. The number of nitrogens with zero attached hydrogens (tertiary/aromatic N) is 2. The van der Waals surface area contributed by atoms with Crippen LogP contribution in [0.2, 0.25) is 0 Å². The Balaban J connectivity index is 3.33. The van der Waals surface area contributed by atoms with Crippen molar-refractivity contribution in [2.75, 3.05) is 0 Å². The van der Waals surface area contributed by atoms with E-state index in [2.05, 4.69) is 4.98 Å². The lowest BCUT2D eigenvalue weighted by molar-refractivity contribution is -0.136. The molecule has 0 radical (unpaired) electrons. The molecule has 1 aromatic rings. The number of alkyl halides is 2. The molecule has 0 atom stereocenters. The summed E-state index contributed by atoms with van der Waals surface area (Å²) in [5, 5.41) is 17.3. The van der Waals surface area contributed by atoms with Gasteiger partial charge in [0.15, 0.2) is 0 Å². The van der Waals surface area contributed by atoms with Crippen LogP contribution in [-0.4, -0.2) is 16.1 Å². The predicted molar refractivity (Wildman–Crippen MR) is 53.1 cm³/mol. The molecule has 5 nitrogen and oxygen atoms in total. The lowest BCUT2D eigenvalue weighted by Crippen LogP contribution is -2.12. The third-order valence-corrected chi connectivity index (χ3v) is 2.08. The first-order valence-corrected chi connectivity index (χ1v) is 4.62. The fraction of sp³-hybridized carbons (Fsp3) is 0.300. The summed E-state index contributed by atoms with van der Waals surface area (Å²) in [6.07, 6.45) is -3.30. The molecule has 0 aliphatic heterocycles. The van der Waals surface area contributed by atoms with Crippen LogP contribution in [0.5, 0.6) is 0 Å². The van der Waals surface area contributed by atoms with Gasteiger partial charge in [0.2, 0.25) is 0 Å². The monoisotopic (exact) mass is 241 g/mol. The Bertz CT molecular complexity index is 483. The van der Waals surface area contributed by atoms with Gasteiger partial charge in [0.25, 0.3) is 6.43 Å². The Morgan fingerprint density at radius 2 is 2.24 bits per heavy atom. The van der Waals surface area contributed by atoms with Crippen LogP contribution in [0.1, 0.15) is 28.9 Å². The van der Waals surface area contributed by atoms with Crippen LogP contribution in [0.25, 0.3) is 0 Å². The second kappa shape index (κ2) is 5.32. The summed E-state index contributed by atoms with van der Waals surface area (Å²) in [5.74, 6) is -1.19. The molecule has 3 N–H and O–H groups in total. The maximum absolute atomic E-state index is 12.6. The van der Waals surface area contributed by atoms with Crippen molar-refractivity contribution in [3.8, 4) is 6.07 Å². The average molecular weight is 241 g/mol. The third-order valence-electron chi connectivity index (χ3n) is 2.08. The Labute approximate surface area is 95.5 Å². The van der Waals surface area contributed by atoms with Crippen molar-refractivity contribution >= 4 is 5.97 Å². The fourth-order valence-electron chi connectivity index (χ4n) is 1.34. The van der Waals surface area contributed by atoms with Gasteiger partial charge in [-0.1, -0.05) is 0 Å². The molecule has 0 saturated heterocycles. The summed E-state index contributed by atoms with van der Waals surface area (Å²) >= 11 is 0. The maximum Gasteiger partial charge on any atom is 0.309 e. The highest BCUT2D eigenvalue weighted by molar-refractivity contribution is 5.70. The highest BCUT2D eigenvalue weighted by Gasteiger charge is 2.18. The molecule has 0 bridgehead atoms. The first-order chi connectivity index (χ1) is 7.99. The highest BCUT2D eigenvalue weighted by Crippen LogP contribution is 2.24. The van der Waals surface area contributed by atoms with Crippen molar-refractivity contribution < 1.29 is 18.7 Å². The maximum atomic E-state index is 12.6. The van der Waals surface area contributed by atoms with Gasteiger partial charge >= 0.3 is 5.97 Å². The molecular weight excluding hydrogens is 232 g/mol. The molecule has 0 aliphatic rings. The second-order valence-electron chi connectivity index (χ2n) is 3.21. The number of nitrogens with two attached hydrogens (primary N) is 1. The molecule has 0 saturated carbocycles. The zero-order valence-corrected chi connectivity index (χ0v) is 8.65. The van der Waals surface area contributed by atoms with Crippen molar-refractivity contribution in [2.24, 2.45) is 5.73 Å². The minimum Gasteiger partial charge on any atom is -0.481 e. The van der Waals surface area contributed by atoms with Crippen LogP contribution in [0.4, 0.5) is 8.78 Å². The van der Waals surface area contributed by atoms with E-state index >= 15 is 0 Å². The molecule has 1 rings (SSSR count). The van der Waals surface area contributed by atoms with Crippen molar-refractivity contribution in [2.45, 2.75) is 19.4 Å². The van der Waals surface area contributed by atoms with Crippen LogP contribution >= 0.6 is 0 Å². The normalized spacial score (nSPS) is 10.3. The molecule has 90 valence electrons. The highest BCUT2D eigenvalue weighted by atomic mass is 19.3. The molecule has 0 amide bonds. The largest absolute Gasteiger partial charge is 0.481 e. The Morgan fingerprint density at radius 3 is 2.65 bits per heavy atom. The van der Waals surface area contributed by atoms with Crippen molar-refractivity contribution in [1.82, 2.24) is 4.98 Å². The predicted octanol–water partition coefficient (Wildman–Crippen LogP) is 0.977. The molecule has 1 aromatic heterocycles. The van der Waals surface area contributed by atoms with Gasteiger partial charge in [-0.2, -0.15) is 5.26 Å². The van der Waals surface area contributed by atoms with Crippen LogP contribution in [-0.2, 0) is 17.8 Å². The number of pyridine rings is 1. The van der Waals surface area contributed by atoms with Crippen LogP contribution in [0.15, 0.2) is 6.07 Å². The SMILES string of the molecule is N#Cc1cc(C(F)F)c(CN)nc1CC(=O)O. The molecule has 0 unspecified atom stereocenters. The lowest BCUT2D eigenvalue weighted by Gasteiger charge is -2.09. The molecule has 1 heterocycles. The van der Waals surface area contributed by atoms with Gasteiger partial charge in [-0.05, 0) is 6.07 Å². The summed E-state index contributed by atoms with van der Waals surface area (Å²) in [6.45, 7) is -0.238. The lowest BCUT2D eigenvalue weighted by atomic mass is 10.1. The molecular formula is C10H9F2N3O2. The van der Waals surface area contributed by atoms with E-state index in [1.807, 2.05) is 0 Å². The zero-order valence-electron chi connectivity index (χ0n) is 8.65. The number of halogens is 2. The summed E-state index contributed by atoms with van der Waals surface area (Å²) < 4.78 is 25.2. The first kappa shape index (κ1) is 13.0. The number of nitriles is 1. The fourth-order valence-corrected chi connectivity index (χ4v) is 1.34. The molecule has 17 heavy (non-hydrogen) atoms. The van der Waals surface area contributed by atoms with E-state index in [0.29, 0.717) is 0 Å². The summed E-state index contributed by atoms with van der Waals surface area (Å²) in [6, 6.07) is 2.59. The van der Waals surface area contributed by atoms with E-state index in [-0.39, 0.29) is 23.5 Å². The Morgan fingerprint density at radius 1 is 1.59 bits per heavy atom. The molecule has 0 spiro atoms. The van der Waals surface area contributed by atoms with Gasteiger partial charge in [0, 0.05) is 12.1 Å². The third kappa shape index (κ3) is 2.95. The number of carboxylic acid groups (broad SMARTS) is 1. The number of carboxylic acids is 1. The van der Waals surface area contributed by atoms with Crippen molar-refractivity contribution in [3.05, 3.63) is 28.6 Å². The summed E-state index contributed by atoms with van der Waals surface area (Å²) in [7, 11) is 0. The summed E-state index contributed by atoms with van der Waals surface area (Å²) in [5.41, 5.74) is 4.52. The quantitative estimate of drug-likeness (QED) is 0.818. The van der Waals surface area contributed by atoms with Crippen LogP contribution in [0, 0.1) is 11.3 Å². The van der Waals surface area contributed by atoms with E-state index in [0.717, 1.165) is 6.07 Å². The molecule has 0 aliphatic carbocycles. The first-order valence-electron chi connectivity index (χ1n) is 4.62. The minimum atomic E-state index is -2.80. The standard InChI is InChI=1S/C10H9F2N3O2/c11-10(12)6-1-5(3-13)7(2-9(16)17)15-8(6)4-14/h1,10H,2,4,14H2,(H,16,17). The van der Waals surface area contributed by atoms with Crippen molar-refractivity contribution in [1.29, 1.82) is 5.26 Å². The van der Waals surface area contributed by atoms with Crippen LogP contribution < -0.4 is 5.73 Å². The molecule has 0 fully saturated rings. The van der Waals surface area contributed by atoms with E-state index in [1.165, 1.54) is 0 Å². The van der Waals surface area contributed by atoms with Crippen LogP contribution in [0.3, 0.4) is 0 Å². The number of aromatic nitrogens is 1. The molecule has 7 heteroatoms. The second-order valence-corrected chi connectivity index (χ2v) is 3.21. The Hall–Kier alpha value is -2.07. The van der Waals surface area contributed by atoms with Gasteiger partial charge in [0.1, 0.15) is 6.07 Å². The topological polar surface area (TPSA) is 100 Å². The summed E-state index contributed by atoms with van der Waals surface area (Å²) in [4.78, 5) is 14.2. The zero-order chi connectivity index (χ0) is 13.0. The smallest absolute Gasteiger partial charge is 0.309 e. The van der Waals surface area contributed by atoms with Gasteiger partial charge in [-0.3, -0.25) is 9.78 Å². The average Bonchev–Trinajstić information content (AvgIpc) is 2.27. The number of hydrogen-bond donors (Lipinski definition) is 2. The minimum absolute atomic E-state index is 0.0511.